The Morgan fingerprint density at radius 3 is 2.93 bits per heavy atom. The van der Waals surface area contributed by atoms with E-state index in [1.807, 2.05) is 6.07 Å². The van der Waals surface area contributed by atoms with Crippen LogP contribution in [-0.2, 0) is 4.74 Å². The first kappa shape index (κ1) is 11.4. The summed E-state index contributed by atoms with van der Waals surface area (Å²) in [5.41, 5.74) is 0.958. The molecule has 1 aromatic carbocycles. The first-order valence-corrected chi connectivity index (χ1v) is 4.43. The van der Waals surface area contributed by atoms with E-state index in [1.54, 1.807) is 12.1 Å². The van der Waals surface area contributed by atoms with E-state index in [1.165, 1.54) is 6.07 Å². The lowest BCUT2D eigenvalue weighted by atomic mass is 10.1. The van der Waals surface area contributed by atoms with Crippen molar-refractivity contribution in [2.45, 2.75) is 6.04 Å². The summed E-state index contributed by atoms with van der Waals surface area (Å²) in [6.07, 6.45) is 0. The van der Waals surface area contributed by atoms with Gasteiger partial charge in [-0.25, -0.2) is 4.39 Å². The minimum absolute atomic E-state index is 0. The van der Waals surface area contributed by atoms with E-state index in [2.05, 4.69) is 5.32 Å². The summed E-state index contributed by atoms with van der Waals surface area (Å²) in [6, 6.07) is 6.78. The summed E-state index contributed by atoms with van der Waals surface area (Å²) >= 11 is 0. The molecule has 0 spiro atoms. The molecular weight excluding hydrogens is 205 g/mol. The molecule has 4 heteroatoms. The lowest BCUT2D eigenvalue weighted by molar-refractivity contribution is 0.0768. The lowest BCUT2D eigenvalue weighted by Gasteiger charge is -2.24. The second-order valence-corrected chi connectivity index (χ2v) is 3.14. The molecule has 14 heavy (non-hydrogen) atoms. The molecule has 0 saturated carbocycles. The first-order valence-electron chi connectivity index (χ1n) is 4.43. The fraction of sp³-hybridized carbons (Fsp3) is 0.400. The summed E-state index contributed by atoms with van der Waals surface area (Å²) in [5, 5.41) is 3.27. The third-order valence-corrected chi connectivity index (χ3v) is 2.17. The molecule has 1 aromatic rings. The van der Waals surface area contributed by atoms with E-state index >= 15 is 0 Å². The maximum absolute atomic E-state index is 12.9. The van der Waals surface area contributed by atoms with Crippen LogP contribution in [0.2, 0.25) is 0 Å². The molecule has 1 heterocycles. The van der Waals surface area contributed by atoms with Gasteiger partial charge in [0.2, 0.25) is 0 Å². The monoisotopic (exact) mass is 217 g/mol. The van der Waals surface area contributed by atoms with Gasteiger partial charge in [0.15, 0.2) is 0 Å². The second-order valence-electron chi connectivity index (χ2n) is 3.14. The average molecular weight is 218 g/mol. The third-order valence-electron chi connectivity index (χ3n) is 2.17. The number of benzene rings is 1. The Morgan fingerprint density at radius 2 is 2.29 bits per heavy atom. The Hall–Kier alpha value is -0.640. The van der Waals surface area contributed by atoms with Gasteiger partial charge >= 0.3 is 0 Å². The summed E-state index contributed by atoms with van der Waals surface area (Å²) in [5.74, 6) is -0.190. The molecule has 2 rings (SSSR count). The van der Waals surface area contributed by atoms with Crippen LogP contribution in [-0.4, -0.2) is 19.8 Å². The molecule has 2 nitrogen and oxygen atoms in total. The van der Waals surface area contributed by atoms with Crippen LogP contribution >= 0.6 is 12.4 Å². The van der Waals surface area contributed by atoms with Gasteiger partial charge in [0.1, 0.15) is 5.82 Å². The van der Waals surface area contributed by atoms with Crippen molar-refractivity contribution in [3.05, 3.63) is 35.6 Å². The maximum Gasteiger partial charge on any atom is 0.123 e. The predicted octanol–water partition coefficient (Wildman–Crippen LogP) is 1.91. The number of morpholine rings is 1. The molecule has 0 aromatic heterocycles. The van der Waals surface area contributed by atoms with Gasteiger partial charge in [0, 0.05) is 6.54 Å². The molecule has 0 radical (unpaired) electrons. The van der Waals surface area contributed by atoms with Crippen molar-refractivity contribution in [3.8, 4) is 0 Å². The van der Waals surface area contributed by atoms with E-state index in [0.717, 1.165) is 18.7 Å². The molecule has 1 atom stereocenters. The smallest absolute Gasteiger partial charge is 0.123 e. The highest BCUT2D eigenvalue weighted by molar-refractivity contribution is 5.85. The normalized spacial score (nSPS) is 21.4. The molecule has 1 unspecified atom stereocenters. The van der Waals surface area contributed by atoms with E-state index in [9.17, 15) is 4.39 Å². The van der Waals surface area contributed by atoms with Crippen molar-refractivity contribution in [2.24, 2.45) is 0 Å². The van der Waals surface area contributed by atoms with Crippen LogP contribution in [0, 0.1) is 5.82 Å². The largest absolute Gasteiger partial charge is 0.378 e. The minimum atomic E-state index is -0.190. The summed E-state index contributed by atoms with van der Waals surface area (Å²) in [6.45, 7) is 2.20. The van der Waals surface area contributed by atoms with Crippen molar-refractivity contribution in [1.29, 1.82) is 0 Å². The third kappa shape index (κ3) is 2.67. The zero-order chi connectivity index (χ0) is 9.10. The van der Waals surface area contributed by atoms with Gasteiger partial charge in [-0.3, -0.25) is 0 Å². The maximum atomic E-state index is 12.9. The molecule has 1 saturated heterocycles. The zero-order valence-electron chi connectivity index (χ0n) is 7.70. The highest BCUT2D eigenvalue weighted by Crippen LogP contribution is 2.16. The van der Waals surface area contributed by atoms with Gasteiger partial charge in [-0.05, 0) is 17.7 Å². The predicted molar refractivity (Wildman–Crippen MR) is 55.2 cm³/mol. The quantitative estimate of drug-likeness (QED) is 0.776. The van der Waals surface area contributed by atoms with Crippen molar-refractivity contribution in [1.82, 2.24) is 5.32 Å². The fourth-order valence-corrected chi connectivity index (χ4v) is 1.50. The Bertz CT molecular complexity index is 289. The number of hydrogen-bond donors (Lipinski definition) is 1. The van der Waals surface area contributed by atoms with E-state index in [-0.39, 0.29) is 24.3 Å². The van der Waals surface area contributed by atoms with Crippen LogP contribution in [0.15, 0.2) is 24.3 Å². The van der Waals surface area contributed by atoms with E-state index in [4.69, 9.17) is 4.74 Å². The van der Waals surface area contributed by atoms with Crippen LogP contribution in [0.1, 0.15) is 11.6 Å². The SMILES string of the molecule is Cl.Fc1cccc(C2COCCN2)c1. The number of nitrogens with one attached hydrogen (secondary N) is 1. The van der Waals surface area contributed by atoms with Crippen LogP contribution in [0.5, 0.6) is 0 Å². The van der Waals surface area contributed by atoms with Gasteiger partial charge in [-0.2, -0.15) is 0 Å². The van der Waals surface area contributed by atoms with E-state index < -0.39 is 0 Å². The van der Waals surface area contributed by atoms with Gasteiger partial charge in [-0.1, -0.05) is 12.1 Å². The highest BCUT2D eigenvalue weighted by atomic mass is 35.5. The molecule has 0 aliphatic carbocycles. The van der Waals surface area contributed by atoms with Crippen LogP contribution < -0.4 is 5.32 Å². The topological polar surface area (TPSA) is 21.3 Å². The number of hydrogen-bond acceptors (Lipinski definition) is 2. The number of halogens is 2. The van der Waals surface area contributed by atoms with Crippen LogP contribution in [0.25, 0.3) is 0 Å². The summed E-state index contributed by atoms with van der Waals surface area (Å²) < 4.78 is 18.1. The zero-order valence-corrected chi connectivity index (χ0v) is 8.52. The van der Waals surface area contributed by atoms with Gasteiger partial charge in [-0.15, -0.1) is 12.4 Å². The molecule has 0 amide bonds. The van der Waals surface area contributed by atoms with Gasteiger partial charge in [0.25, 0.3) is 0 Å². The van der Waals surface area contributed by atoms with Crippen LogP contribution in [0.4, 0.5) is 4.39 Å². The molecule has 1 aliphatic heterocycles. The minimum Gasteiger partial charge on any atom is -0.378 e. The highest BCUT2D eigenvalue weighted by Gasteiger charge is 2.14. The Kier molecular flexibility index (Phi) is 4.32. The van der Waals surface area contributed by atoms with Crippen molar-refractivity contribution >= 4 is 12.4 Å². The second kappa shape index (κ2) is 5.29. The van der Waals surface area contributed by atoms with Crippen molar-refractivity contribution < 1.29 is 9.13 Å². The summed E-state index contributed by atoms with van der Waals surface area (Å²) in [4.78, 5) is 0. The Morgan fingerprint density at radius 1 is 1.43 bits per heavy atom. The molecule has 78 valence electrons. The fourth-order valence-electron chi connectivity index (χ4n) is 1.50. The number of ether oxygens (including phenoxy) is 1. The number of rotatable bonds is 1. The molecule has 1 N–H and O–H groups in total. The first-order chi connectivity index (χ1) is 6.36. The molecule has 1 aliphatic rings. The lowest BCUT2D eigenvalue weighted by Crippen LogP contribution is -2.34. The standard InChI is InChI=1S/C10H12FNO.ClH/c11-9-3-1-2-8(6-9)10-7-13-5-4-12-10;/h1-3,6,10,12H,4-5,7H2;1H. The average Bonchev–Trinajstić information content (AvgIpc) is 2.19. The molecular formula is C10H13ClFNO. The molecule has 0 bridgehead atoms. The Balaban J connectivity index is 0.000000980. The Labute approximate surface area is 88.9 Å². The van der Waals surface area contributed by atoms with E-state index in [0.29, 0.717) is 6.61 Å². The summed E-state index contributed by atoms with van der Waals surface area (Å²) in [7, 11) is 0. The van der Waals surface area contributed by atoms with Crippen LogP contribution in [0.3, 0.4) is 0 Å². The van der Waals surface area contributed by atoms with Crippen molar-refractivity contribution in [2.75, 3.05) is 19.8 Å². The van der Waals surface area contributed by atoms with Gasteiger partial charge < -0.3 is 10.1 Å². The molecule has 1 fully saturated rings. The van der Waals surface area contributed by atoms with Crippen molar-refractivity contribution in [3.63, 3.8) is 0 Å². The van der Waals surface area contributed by atoms with Gasteiger partial charge in [0.05, 0.1) is 19.3 Å².